The molecule has 0 spiro atoms. The zero-order chi connectivity index (χ0) is 18.7. The summed E-state index contributed by atoms with van der Waals surface area (Å²) in [6, 6.07) is 15.0. The van der Waals surface area contributed by atoms with Gasteiger partial charge in [-0.05, 0) is 30.7 Å². The van der Waals surface area contributed by atoms with Crippen molar-refractivity contribution in [2.45, 2.75) is 13.0 Å². The van der Waals surface area contributed by atoms with Gasteiger partial charge in [0, 0.05) is 27.7 Å². The van der Waals surface area contributed by atoms with Crippen LogP contribution in [0.1, 0.15) is 18.6 Å². The van der Waals surface area contributed by atoms with Gasteiger partial charge in [0.05, 0.1) is 6.20 Å². The Morgan fingerprint density at radius 3 is 2.62 bits per heavy atom. The molecule has 0 radical (unpaired) electrons. The minimum Gasteiger partial charge on any atom is -0.441 e. The number of ether oxygens (including phenoxy) is 1. The van der Waals surface area contributed by atoms with E-state index in [1.54, 1.807) is 30.9 Å². The number of nitrogens with zero attached hydrogens (tertiary/aromatic N) is 2. The van der Waals surface area contributed by atoms with Gasteiger partial charge in [0.1, 0.15) is 11.9 Å². The van der Waals surface area contributed by atoms with Crippen molar-refractivity contribution in [3.05, 3.63) is 69.8 Å². The number of hydrogen-bond donors (Lipinski definition) is 1. The Morgan fingerprint density at radius 1 is 1.23 bits per heavy atom. The number of carbonyl (C=O) groups excluding carboxylic acids is 1. The van der Waals surface area contributed by atoms with Gasteiger partial charge >= 0.3 is 6.09 Å². The van der Waals surface area contributed by atoms with Crippen LogP contribution in [0.25, 0.3) is 11.1 Å². The first kappa shape index (κ1) is 18.5. The molecule has 3 rings (SSSR count). The number of halogens is 2. The van der Waals surface area contributed by atoms with Crippen LogP contribution in [0, 0.1) is 0 Å². The van der Waals surface area contributed by atoms with Crippen molar-refractivity contribution in [2.24, 2.45) is 7.05 Å². The molecule has 1 heterocycles. The molecule has 5 nitrogen and oxygen atoms in total. The highest BCUT2D eigenvalue weighted by molar-refractivity contribution is 9.10. The molecular weight excluding hydrogens is 418 g/mol. The summed E-state index contributed by atoms with van der Waals surface area (Å²) in [6.07, 6.45) is 0.656. The van der Waals surface area contributed by atoms with Crippen LogP contribution in [0.3, 0.4) is 0 Å². The second-order valence-corrected chi connectivity index (χ2v) is 7.05. The number of anilines is 1. The van der Waals surface area contributed by atoms with Crippen LogP contribution >= 0.6 is 27.5 Å². The standard InChI is InChI=1S/C19H17BrClN3O2/c1-12(15-5-3-4-6-17(15)21)26-19(25)23-18-16(11-22-24(18)2)13-7-9-14(20)10-8-13/h3-12H,1-2H3,(H,23,25). The van der Waals surface area contributed by atoms with Crippen molar-refractivity contribution in [3.63, 3.8) is 0 Å². The quantitative estimate of drug-likeness (QED) is 0.563. The smallest absolute Gasteiger partial charge is 0.413 e. The van der Waals surface area contributed by atoms with Gasteiger partial charge in [-0.3, -0.25) is 10.00 Å². The maximum Gasteiger partial charge on any atom is 0.413 e. The topological polar surface area (TPSA) is 56.1 Å². The first-order valence-corrected chi connectivity index (χ1v) is 9.13. The third kappa shape index (κ3) is 4.08. The Morgan fingerprint density at radius 2 is 1.92 bits per heavy atom. The van der Waals surface area contributed by atoms with E-state index >= 15 is 0 Å². The number of carbonyl (C=O) groups is 1. The molecule has 0 fully saturated rings. The maximum atomic E-state index is 12.4. The lowest BCUT2D eigenvalue weighted by Crippen LogP contribution is -2.18. The summed E-state index contributed by atoms with van der Waals surface area (Å²) >= 11 is 9.57. The van der Waals surface area contributed by atoms with Gasteiger partial charge in [-0.15, -0.1) is 0 Å². The minimum atomic E-state index is -0.570. The zero-order valence-electron chi connectivity index (χ0n) is 14.2. The lowest BCUT2D eigenvalue weighted by Gasteiger charge is -2.16. The van der Waals surface area contributed by atoms with Crippen molar-refractivity contribution in [2.75, 3.05) is 5.32 Å². The van der Waals surface area contributed by atoms with Gasteiger partial charge in [-0.25, -0.2) is 4.79 Å². The van der Waals surface area contributed by atoms with E-state index in [0.717, 1.165) is 21.2 Å². The molecule has 26 heavy (non-hydrogen) atoms. The van der Waals surface area contributed by atoms with E-state index in [-0.39, 0.29) is 0 Å². The monoisotopic (exact) mass is 433 g/mol. The molecule has 1 N–H and O–H groups in total. The summed E-state index contributed by atoms with van der Waals surface area (Å²) in [6.45, 7) is 1.78. The van der Waals surface area contributed by atoms with Crippen molar-refractivity contribution in [3.8, 4) is 11.1 Å². The third-order valence-corrected chi connectivity index (χ3v) is 4.81. The Kier molecular flexibility index (Phi) is 5.64. The number of rotatable bonds is 4. The number of aryl methyl sites for hydroxylation is 1. The molecule has 0 aliphatic rings. The molecular formula is C19H17BrClN3O2. The average molecular weight is 435 g/mol. The number of amides is 1. The highest BCUT2D eigenvalue weighted by Gasteiger charge is 2.18. The second kappa shape index (κ2) is 7.93. The summed E-state index contributed by atoms with van der Waals surface area (Å²) < 4.78 is 8.05. The van der Waals surface area contributed by atoms with Crippen molar-refractivity contribution in [1.29, 1.82) is 0 Å². The highest BCUT2D eigenvalue weighted by atomic mass is 79.9. The lowest BCUT2D eigenvalue weighted by molar-refractivity contribution is 0.121. The number of benzene rings is 2. The molecule has 1 atom stereocenters. The Balaban J connectivity index is 1.77. The van der Waals surface area contributed by atoms with Crippen LogP contribution < -0.4 is 5.32 Å². The maximum absolute atomic E-state index is 12.4. The van der Waals surface area contributed by atoms with E-state index in [2.05, 4.69) is 26.3 Å². The Bertz CT molecular complexity index is 925. The first-order valence-electron chi connectivity index (χ1n) is 7.95. The van der Waals surface area contributed by atoms with E-state index in [9.17, 15) is 4.79 Å². The lowest BCUT2D eigenvalue weighted by atomic mass is 10.1. The van der Waals surface area contributed by atoms with E-state index in [0.29, 0.717) is 10.8 Å². The van der Waals surface area contributed by atoms with E-state index < -0.39 is 12.2 Å². The van der Waals surface area contributed by atoms with Crippen molar-refractivity contribution in [1.82, 2.24) is 9.78 Å². The molecule has 2 aromatic carbocycles. The fourth-order valence-corrected chi connectivity index (χ4v) is 3.14. The normalized spacial score (nSPS) is 11.8. The largest absolute Gasteiger partial charge is 0.441 e. The molecule has 0 saturated carbocycles. The van der Waals surface area contributed by atoms with Gasteiger partial charge in [0.15, 0.2) is 0 Å². The molecule has 7 heteroatoms. The third-order valence-electron chi connectivity index (χ3n) is 3.94. The van der Waals surface area contributed by atoms with Crippen LogP contribution in [0.15, 0.2) is 59.2 Å². The van der Waals surface area contributed by atoms with Crippen molar-refractivity contribution < 1.29 is 9.53 Å². The molecule has 1 aromatic heterocycles. The van der Waals surface area contributed by atoms with Crippen LogP contribution in [0.4, 0.5) is 10.6 Å². The van der Waals surface area contributed by atoms with Crippen LogP contribution in [0.2, 0.25) is 5.02 Å². The predicted octanol–water partition coefficient (Wildman–Crippen LogP) is 5.81. The summed E-state index contributed by atoms with van der Waals surface area (Å²) in [4.78, 5) is 12.4. The molecule has 0 saturated heterocycles. The highest BCUT2D eigenvalue weighted by Crippen LogP contribution is 2.30. The number of hydrogen-bond acceptors (Lipinski definition) is 3. The molecule has 3 aromatic rings. The van der Waals surface area contributed by atoms with Crippen LogP contribution in [-0.4, -0.2) is 15.9 Å². The van der Waals surface area contributed by atoms with Gasteiger partial charge in [0.25, 0.3) is 0 Å². The molecule has 134 valence electrons. The Labute approximate surface area is 165 Å². The van der Waals surface area contributed by atoms with Gasteiger partial charge in [-0.2, -0.15) is 5.10 Å². The number of aromatic nitrogens is 2. The SMILES string of the molecule is CC(OC(=O)Nc1c(-c2ccc(Br)cc2)cnn1C)c1ccccc1Cl. The van der Waals surface area contributed by atoms with E-state index in [1.165, 1.54) is 0 Å². The molecule has 1 unspecified atom stereocenters. The molecule has 0 bridgehead atoms. The van der Waals surface area contributed by atoms with E-state index in [1.807, 2.05) is 42.5 Å². The van der Waals surface area contributed by atoms with Gasteiger partial charge < -0.3 is 4.74 Å². The molecule has 1 amide bonds. The Hall–Kier alpha value is -2.31. The van der Waals surface area contributed by atoms with Crippen LogP contribution in [0.5, 0.6) is 0 Å². The summed E-state index contributed by atoms with van der Waals surface area (Å²) in [5.41, 5.74) is 2.50. The summed E-state index contributed by atoms with van der Waals surface area (Å²) in [7, 11) is 1.76. The average Bonchev–Trinajstić information content (AvgIpc) is 2.96. The summed E-state index contributed by atoms with van der Waals surface area (Å²) in [5, 5.41) is 7.57. The zero-order valence-corrected chi connectivity index (χ0v) is 16.6. The van der Waals surface area contributed by atoms with E-state index in [4.69, 9.17) is 16.3 Å². The predicted molar refractivity (Wildman–Crippen MR) is 106 cm³/mol. The number of nitrogens with one attached hydrogen (secondary N) is 1. The van der Waals surface area contributed by atoms with Gasteiger partial charge in [-0.1, -0.05) is 57.9 Å². The van der Waals surface area contributed by atoms with Gasteiger partial charge in [0.2, 0.25) is 0 Å². The first-order chi connectivity index (χ1) is 12.5. The second-order valence-electron chi connectivity index (χ2n) is 5.73. The minimum absolute atomic E-state index is 0.479. The van der Waals surface area contributed by atoms with Crippen molar-refractivity contribution >= 4 is 39.4 Å². The molecule has 0 aliphatic carbocycles. The summed E-state index contributed by atoms with van der Waals surface area (Å²) in [5.74, 6) is 0.559. The molecule has 0 aliphatic heterocycles. The fraction of sp³-hybridized carbons (Fsp3) is 0.158. The van der Waals surface area contributed by atoms with Crippen LogP contribution in [-0.2, 0) is 11.8 Å². The fourth-order valence-electron chi connectivity index (χ4n) is 2.58.